The van der Waals surface area contributed by atoms with Crippen LogP contribution in [0.2, 0.25) is 0 Å². The Labute approximate surface area is 88.4 Å². The molecule has 0 heterocycles. The zero-order chi connectivity index (χ0) is 11.4. The third-order valence-electron chi connectivity index (χ3n) is 1.86. The number of rotatable bonds is 3. The summed E-state index contributed by atoms with van der Waals surface area (Å²) in [7, 11) is 0. The quantitative estimate of drug-likeness (QED) is 0.564. The smallest absolute Gasteiger partial charge is 0.338 e. The van der Waals surface area contributed by atoms with Gasteiger partial charge in [0.15, 0.2) is 0 Å². The summed E-state index contributed by atoms with van der Waals surface area (Å²) in [6.45, 7) is 7.15. The van der Waals surface area contributed by atoms with Crippen molar-refractivity contribution in [3.8, 4) is 0 Å². The van der Waals surface area contributed by atoms with Crippen molar-refractivity contribution in [2.75, 3.05) is 6.61 Å². The van der Waals surface area contributed by atoms with Gasteiger partial charge in [-0.2, -0.15) is 0 Å². The van der Waals surface area contributed by atoms with Gasteiger partial charge in [0, 0.05) is 0 Å². The predicted octanol–water partition coefficient (Wildman–Crippen LogP) is 2.87. The molecule has 0 fully saturated rings. The fraction of sp³-hybridized carbons (Fsp3) is 0.250. The average molecular weight is 208 g/mol. The van der Waals surface area contributed by atoms with Crippen molar-refractivity contribution in [2.24, 2.45) is 0 Å². The SMILES string of the molecule is C=C(C)COC(=O)c1ccc(C)c(F)c1. The van der Waals surface area contributed by atoms with Crippen LogP contribution in [0.3, 0.4) is 0 Å². The lowest BCUT2D eigenvalue weighted by Gasteiger charge is -2.04. The van der Waals surface area contributed by atoms with Crippen LogP contribution < -0.4 is 0 Å². The predicted molar refractivity (Wildman–Crippen MR) is 56.2 cm³/mol. The van der Waals surface area contributed by atoms with Gasteiger partial charge in [-0.15, -0.1) is 0 Å². The Bertz CT molecular complexity index is 397. The van der Waals surface area contributed by atoms with Crippen molar-refractivity contribution >= 4 is 5.97 Å². The molecule has 0 aliphatic rings. The highest BCUT2D eigenvalue weighted by molar-refractivity contribution is 5.89. The third-order valence-corrected chi connectivity index (χ3v) is 1.86. The van der Waals surface area contributed by atoms with E-state index in [-0.39, 0.29) is 12.2 Å². The minimum absolute atomic E-state index is 0.161. The van der Waals surface area contributed by atoms with E-state index in [1.807, 2.05) is 0 Å². The van der Waals surface area contributed by atoms with Crippen molar-refractivity contribution in [3.05, 3.63) is 47.3 Å². The standard InChI is InChI=1S/C12H13FO2/c1-8(2)7-15-12(14)10-5-4-9(3)11(13)6-10/h4-6H,1,7H2,2-3H3. The zero-order valence-electron chi connectivity index (χ0n) is 8.84. The van der Waals surface area contributed by atoms with Crippen molar-refractivity contribution in [3.63, 3.8) is 0 Å². The van der Waals surface area contributed by atoms with Crippen molar-refractivity contribution in [1.82, 2.24) is 0 Å². The van der Waals surface area contributed by atoms with E-state index in [0.29, 0.717) is 5.56 Å². The van der Waals surface area contributed by atoms with Crippen LogP contribution in [0.4, 0.5) is 4.39 Å². The molecule has 0 saturated heterocycles. The van der Waals surface area contributed by atoms with Gasteiger partial charge in [-0.1, -0.05) is 12.6 Å². The second-order valence-electron chi connectivity index (χ2n) is 3.50. The van der Waals surface area contributed by atoms with Crippen LogP contribution in [0.5, 0.6) is 0 Å². The van der Waals surface area contributed by atoms with E-state index < -0.39 is 11.8 Å². The maximum atomic E-state index is 13.1. The molecule has 0 amide bonds. The highest BCUT2D eigenvalue weighted by Crippen LogP contribution is 2.10. The van der Waals surface area contributed by atoms with Gasteiger partial charge < -0.3 is 4.74 Å². The summed E-state index contributed by atoms with van der Waals surface area (Å²) >= 11 is 0. The number of esters is 1. The molecule has 3 heteroatoms. The first-order valence-corrected chi connectivity index (χ1v) is 4.58. The van der Waals surface area contributed by atoms with Gasteiger partial charge in [-0.3, -0.25) is 0 Å². The van der Waals surface area contributed by atoms with Gasteiger partial charge in [0.2, 0.25) is 0 Å². The van der Waals surface area contributed by atoms with Crippen LogP contribution in [0.1, 0.15) is 22.8 Å². The molecule has 0 unspecified atom stereocenters. The largest absolute Gasteiger partial charge is 0.458 e. The van der Waals surface area contributed by atoms with Gasteiger partial charge >= 0.3 is 5.97 Å². The first kappa shape index (κ1) is 11.4. The molecule has 0 spiro atoms. The fourth-order valence-electron chi connectivity index (χ4n) is 0.992. The number of benzene rings is 1. The van der Waals surface area contributed by atoms with E-state index in [1.165, 1.54) is 6.07 Å². The lowest BCUT2D eigenvalue weighted by atomic mass is 10.1. The summed E-state index contributed by atoms with van der Waals surface area (Å²) in [6.07, 6.45) is 0. The van der Waals surface area contributed by atoms with E-state index in [0.717, 1.165) is 5.57 Å². The summed E-state index contributed by atoms with van der Waals surface area (Å²) in [6, 6.07) is 4.27. The molecule has 0 N–H and O–H groups in total. The summed E-state index contributed by atoms with van der Waals surface area (Å²) in [5.41, 5.74) is 1.47. The topological polar surface area (TPSA) is 26.3 Å². The molecule has 0 radical (unpaired) electrons. The molecule has 0 aliphatic heterocycles. The lowest BCUT2D eigenvalue weighted by Crippen LogP contribution is -2.07. The molecule has 80 valence electrons. The maximum Gasteiger partial charge on any atom is 0.338 e. The van der Waals surface area contributed by atoms with Crippen LogP contribution in [0, 0.1) is 12.7 Å². The molecule has 2 nitrogen and oxygen atoms in total. The van der Waals surface area contributed by atoms with Gasteiger partial charge in [-0.05, 0) is 37.1 Å². The van der Waals surface area contributed by atoms with Gasteiger partial charge in [0.1, 0.15) is 12.4 Å². The third kappa shape index (κ3) is 3.20. The molecule has 0 saturated carbocycles. The Hall–Kier alpha value is -1.64. The van der Waals surface area contributed by atoms with Gasteiger partial charge in [-0.25, -0.2) is 9.18 Å². The number of hydrogen-bond acceptors (Lipinski definition) is 2. The first-order valence-electron chi connectivity index (χ1n) is 4.58. The first-order chi connectivity index (χ1) is 7.00. The van der Waals surface area contributed by atoms with E-state index in [4.69, 9.17) is 4.74 Å². The average Bonchev–Trinajstić information content (AvgIpc) is 2.18. The van der Waals surface area contributed by atoms with Crippen LogP contribution in [-0.2, 0) is 4.74 Å². The van der Waals surface area contributed by atoms with E-state index in [9.17, 15) is 9.18 Å². The second-order valence-corrected chi connectivity index (χ2v) is 3.50. The molecule has 0 aromatic heterocycles. The molecular formula is C12H13FO2. The highest BCUT2D eigenvalue weighted by atomic mass is 19.1. The summed E-state index contributed by atoms with van der Waals surface area (Å²) in [5, 5.41) is 0. The normalized spacial score (nSPS) is 9.80. The summed E-state index contributed by atoms with van der Waals surface area (Å²) in [4.78, 5) is 11.4. The molecule has 15 heavy (non-hydrogen) atoms. The Morgan fingerprint density at radius 3 is 2.73 bits per heavy atom. The van der Waals surface area contributed by atoms with Crippen molar-refractivity contribution in [1.29, 1.82) is 0 Å². The highest BCUT2D eigenvalue weighted by Gasteiger charge is 2.08. The number of carbonyl (C=O) groups is 1. The number of halogens is 1. The number of aryl methyl sites for hydroxylation is 1. The molecule has 1 aromatic rings. The minimum atomic E-state index is -0.531. The Morgan fingerprint density at radius 1 is 1.53 bits per heavy atom. The van der Waals surface area contributed by atoms with Crippen molar-refractivity contribution in [2.45, 2.75) is 13.8 Å². The van der Waals surface area contributed by atoms with Crippen LogP contribution in [0.15, 0.2) is 30.4 Å². The van der Waals surface area contributed by atoms with E-state index in [1.54, 1.807) is 26.0 Å². The lowest BCUT2D eigenvalue weighted by molar-refractivity contribution is 0.0540. The minimum Gasteiger partial charge on any atom is -0.458 e. The van der Waals surface area contributed by atoms with Gasteiger partial charge in [0.25, 0.3) is 0 Å². The fourth-order valence-corrected chi connectivity index (χ4v) is 0.992. The number of carbonyl (C=O) groups excluding carboxylic acids is 1. The molecule has 0 atom stereocenters. The van der Waals surface area contributed by atoms with E-state index in [2.05, 4.69) is 6.58 Å². The molecular weight excluding hydrogens is 195 g/mol. The molecule has 1 rings (SSSR count). The molecule has 0 bridgehead atoms. The number of hydrogen-bond donors (Lipinski definition) is 0. The van der Waals surface area contributed by atoms with Crippen LogP contribution >= 0.6 is 0 Å². The number of ether oxygens (including phenoxy) is 1. The van der Waals surface area contributed by atoms with E-state index >= 15 is 0 Å². The van der Waals surface area contributed by atoms with Gasteiger partial charge in [0.05, 0.1) is 5.56 Å². The Balaban J connectivity index is 2.74. The Kier molecular flexibility index (Phi) is 3.61. The summed E-state index contributed by atoms with van der Waals surface area (Å²) in [5.74, 6) is -0.934. The maximum absolute atomic E-state index is 13.1. The zero-order valence-corrected chi connectivity index (χ0v) is 8.84. The molecule has 0 aliphatic carbocycles. The van der Waals surface area contributed by atoms with Crippen LogP contribution in [0.25, 0.3) is 0 Å². The van der Waals surface area contributed by atoms with Crippen molar-refractivity contribution < 1.29 is 13.9 Å². The second kappa shape index (κ2) is 4.73. The van der Waals surface area contributed by atoms with Crippen LogP contribution in [-0.4, -0.2) is 12.6 Å². The monoisotopic (exact) mass is 208 g/mol. The molecule has 1 aromatic carbocycles. The Morgan fingerprint density at radius 2 is 2.20 bits per heavy atom. The summed E-state index contributed by atoms with van der Waals surface area (Å²) < 4.78 is 18.0.